The standard InChI is InChI=1S/C17H20F3N5O2/c18-17(19,20)12-2-1-3-14(10-12)27-9-8-22-16(26)15-11-25(24-23-15)13-4-6-21-7-5-13/h1-3,10-11,13,21H,4-9H2,(H,22,26). The topological polar surface area (TPSA) is 81.1 Å². The average molecular weight is 383 g/mol. The first-order chi connectivity index (χ1) is 12.9. The third kappa shape index (κ3) is 5.19. The first kappa shape index (κ1) is 19.2. The van der Waals surface area contributed by atoms with E-state index in [1.165, 1.54) is 12.1 Å². The lowest BCUT2D eigenvalue weighted by Gasteiger charge is -2.22. The number of aromatic nitrogens is 3. The molecular formula is C17H20F3N5O2. The summed E-state index contributed by atoms with van der Waals surface area (Å²) < 4.78 is 44.9. The number of ether oxygens (including phenoxy) is 1. The minimum atomic E-state index is -4.42. The van der Waals surface area contributed by atoms with Crippen molar-refractivity contribution in [3.05, 3.63) is 41.7 Å². The molecule has 3 rings (SSSR count). The number of halogens is 3. The molecule has 1 aromatic heterocycles. The van der Waals surface area contributed by atoms with Crippen LogP contribution in [-0.4, -0.2) is 47.1 Å². The fourth-order valence-corrected chi connectivity index (χ4v) is 2.82. The summed E-state index contributed by atoms with van der Waals surface area (Å²) in [5, 5.41) is 13.8. The van der Waals surface area contributed by atoms with Crippen molar-refractivity contribution < 1.29 is 22.7 Å². The largest absolute Gasteiger partial charge is 0.492 e. The van der Waals surface area contributed by atoms with Gasteiger partial charge in [0, 0.05) is 0 Å². The van der Waals surface area contributed by atoms with Crippen molar-refractivity contribution in [3.63, 3.8) is 0 Å². The number of carbonyl (C=O) groups excluding carboxylic acids is 1. The zero-order valence-corrected chi connectivity index (χ0v) is 14.5. The lowest BCUT2D eigenvalue weighted by atomic mass is 10.1. The molecule has 27 heavy (non-hydrogen) atoms. The molecule has 2 N–H and O–H groups in total. The van der Waals surface area contributed by atoms with E-state index in [0.717, 1.165) is 38.1 Å². The quantitative estimate of drug-likeness (QED) is 0.746. The summed E-state index contributed by atoms with van der Waals surface area (Å²) in [5.74, 6) is -0.307. The molecule has 0 unspecified atom stereocenters. The van der Waals surface area contributed by atoms with E-state index < -0.39 is 17.6 Å². The van der Waals surface area contributed by atoms with E-state index in [2.05, 4.69) is 20.9 Å². The lowest BCUT2D eigenvalue weighted by Crippen LogP contribution is -2.30. The Hall–Kier alpha value is -2.62. The molecule has 1 aliphatic rings. The van der Waals surface area contributed by atoms with Gasteiger partial charge in [0.25, 0.3) is 5.91 Å². The van der Waals surface area contributed by atoms with E-state index in [9.17, 15) is 18.0 Å². The van der Waals surface area contributed by atoms with Crippen LogP contribution in [0.4, 0.5) is 13.2 Å². The normalized spacial score (nSPS) is 15.5. The average Bonchev–Trinajstić information content (AvgIpc) is 3.16. The van der Waals surface area contributed by atoms with Crippen LogP contribution in [0.3, 0.4) is 0 Å². The van der Waals surface area contributed by atoms with Crippen LogP contribution in [0, 0.1) is 0 Å². The van der Waals surface area contributed by atoms with Gasteiger partial charge in [-0.05, 0) is 44.1 Å². The van der Waals surface area contributed by atoms with Gasteiger partial charge in [0.1, 0.15) is 12.4 Å². The van der Waals surface area contributed by atoms with Crippen LogP contribution < -0.4 is 15.4 Å². The Morgan fingerprint density at radius 1 is 1.33 bits per heavy atom. The third-order valence-electron chi connectivity index (χ3n) is 4.24. The highest BCUT2D eigenvalue weighted by molar-refractivity contribution is 5.91. The molecule has 2 aromatic rings. The Labute approximate surface area is 153 Å². The summed E-state index contributed by atoms with van der Waals surface area (Å²) in [6.07, 6.45) is -0.961. The van der Waals surface area contributed by atoms with E-state index in [-0.39, 0.29) is 30.6 Å². The van der Waals surface area contributed by atoms with Crippen LogP contribution in [0.5, 0.6) is 5.75 Å². The maximum Gasteiger partial charge on any atom is 0.416 e. The number of hydrogen-bond donors (Lipinski definition) is 2. The highest BCUT2D eigenvalue weighted by atomic mass is 19.4. The van der Waals surface area contributed by atoms with Gasteiger partial charge in [-0.15, -0.1) is 5.10 Å². The minimum Gasteiger partial charge on any atom is -0.492 e. The number of benzene rings is 1. The molecule has 2 heterocycles. The summed E-state index contributed by atoms with van der Waals surface area (Å²) in [7, 11) is 0. The number of rotatable bonds is 6. The number of carbonyl (C=O) groups is 1. The molecule has 146 valence electrons. The molecule has 0 aliphatic carbocycles. The second-order valence-corrected chi connectivity index (χ2v) is 6.19. The molecule has 1 amide bonds. The van der Waals surface area contributed by atoms with Gasteiger partial charge >= 0.3 is 6.18 Å². The first-order valence-electron chi connectivity index (χ1n) is 8.64. The highest BCUT2D eigenvalue weighted by Gasteiger charge is 2.30. The van der Waals surface area contributed by atoms with Crippen molar-refractivity contribution in [2.24, 2.45) is 0 Å². The first-order valence-corrected chi connectivity index (χ1v) is 8.64. The second kappa shape index (κ2) is 8.38. The van der Waals surface area contributed by atoms with E-state index in [4.69, 9.17) is 4.74 Å². The SMILES string of the molecule is O=C(NCCOc1cccc(C(F)(F)F)c1)c1cn(C2CCNCC2)nn1. The van der Waals surface area contributed by atoms with Gasteiger partial charge in [-0.25, -0.2) is 4.68 Å². The van der Waals surface area contributed by atoms with E-state index in [0.29, 0.717) is 0 Å². The van der Waals surface area contributed by atoms with Crippen LogP contribution in [-0.2, 0) is 6.18 Å². The zero-order valence-electron chi connectivity index (χ0n) is 14.5. The van der Waals surface area contributed by atoms with Gasteiger partial charge in [-0.1, -0.05) is 11.3 Å². The van der Waals surface area contributed by atoms with E-state index in [1.807, 2.05) is 0 Å². The van der Waals surface area contributed by atoms with Crippen LogP contribution in [0.25, 0.3) is 0 Å². The monoisotopic (exact) mass is 383 g/mol. The molecular weight excluding hydrogens is 363 g/mol. The fraction of sp³-hybridized carbons (Fsp3) is 0.471. The Balaban J connectivity index is 1.45. The predicted molar refractivity (Wildman–Crippen MR) is 90.4 cm³/mol. The van der Waals surface area contributed by atoms with Crippen LogP contribution in [0.15, 0.2) is 30.5 Å². The van der Waals surface area contributed by atoms with Crippen molar-refractivity contribution in [1.82, 2.24) is 25.6 Å². The molecule has 1 aromatic carbocycles. The van der Waals surface area contributed by atoms with Gasteiger partial charge in [0.15, 0.2) is 5.69 Å². The Morgan fingerprint density at radius 2 is 2.11 bits per heavy atom. The molecule has 1 fully saturated rings. The third-order valence-corrected chi connectivity index (χ3v) is 4.24. The maximum atomic E-state index is 12.7. The van der Waals surface area contributed by atoms with Crippen molar-refractivity contribution in [2.75, 3.05) is 26.2 Å². The number of amides is 1. The van der Waals surface area contributed by atoms with Crippen molar-refractivity contribution in [1.29, 1.82) is 0 Å². The van der Waals surface area contributed by atoms with Gasteiger partial charge in [-0.3, -0.25) is 4.79 Å². The number of hydrogen-bond acceptors (Lipinski definition) is 5. The Bertz CT molecular complexity index is 772. The summed E-state index contributed by atoms with van der Waals surface area (Å²) in [6.45, 7) is 1.97. The van der Waals surface area contributed by atoms with Crippen molar-refractivity contribution >= 4 is 5.91 Å². The van der Waals surface area contributed by atoms with Crippen LogP contribution in [0.2, 0.25) is 0 Å². The molecule has 1 aliphatic heterocycles. The molecule has 0 bridgehead atoms. The summed E-state index contributed by atoms with van der Waals surface area (Å²) in [5.41, 5.74) is -0.578. The minimum absolute atomic E-state index is 0.0372. The lowest BCUT2D eigenvalue weighted by molar-refractivity contribution is -0.137. The van der Waals surface area contributed by atoms with Gasteiger partial charge in [-0.2, -0.15) is 13.2 Å². The molecule has 1 saturated heterocycles. The van der Waals surface area contributed by atoms with E-state index >= 15 is 0 Å². The molecule has 0 saturated carbocycles. The van der Waals surface area contributed by atoms with E-state index in [1.54, 1.807) is 10.9 Å². The number of nitrogens with one attached hydrogen (secondary N) is 2. The van der Waals surface area contributed by atoms with Crippen LogP contribution >= 0.6 is 0 Å². The van der Waals surface area contributed by atoms with Crippen molar-refractivity contribution in [3.8, 4) is 5.75 Å². The molecule has 7 nitrogen and oxygen atoms in total. The molecule has 0 spiro atoms. The maximum absolute atomic E-state index is 12.7. The van der Waals surface area contributed by atoms with Crippen molar-refractivity contribution in [2.45, 2.75) is 25.1 Å². The molecule has 10 heteroatoms. The molecule has 0 radical (unpaired) electrons. The predicted octanol–water partition coefficient (Wildman–Crippen LogP) is 2.03. The summed E-state index contributed by atoms with van der Waals surface area (Å²) in [4.78, 5) is 12.1. The summed E-state index contributed by atoms with van der Waals surface area (Å²) >= 11 is 0. The van der Waals surface area contributed by atoms with Crippen LogP contribution in [0.1, 0.15) is 34.9 Å². The number of nitrogens with zero attached hydrogens (tertiary/aromatic N) is 3. The number of piperidine rings is 1. The fourth-order valence-electron chi connectivity index (χ4n) is 2.82. The zero-order chi connectivity index (χ0) is 19.3. The Morgan fingerprint density at radius 3 is 2.85 bits per heavy atom. The highest BCUT2D eigenvalue weighted by Crippen LogP contribution is 2.31. The second-order valence-electron chi connectivity index (χ2n) is 6.19. The molecule has 0 atom stereocenters. The number of alkyl halides is 3. The Kier molecular flexibility index (Phi) is 5.94. The van der Waals surface area contributed by atoms with Gasteiger partial charge < -0.3 is 15.4 Å². The van der Waals surface area contributed by atoms with Gasteiger partial charge in [0.05, 0.1) is 24.3 Å². The summed E-state index contributed by atoms with van der Waals surface area (Å²) in [6, 6.07) is 4.83. The van der Waals surface area contributed by atoms with Gasteiger partial charge in [0.2, 0.25) is 0 Å². The smallest absolute Gasteiger partial charge is 0.416 e.